The van der Waals surface area contributed by atoms with Gasteiger partial charge in [-0.2, -0.15) is 0 Å². The van der Waals surface area contributed by atoms with Gasteiger partial charge in [0.25, 0.3) is 0 Å². The van der Waals surface area contributed by atoms with E-state index in [1.807, 2.05) is 18.2 Å². The molecular weight excluding hydrogens is 293 g/mol. The van der Waals surface area contributed by atoms with E-state index in [4.69, 9.17) is 9.47 Å². The van der Waals surface area contributed by atoms with Crippen LogP contribution in [0.5, 0.6) is 11.5 Å². The fraction of sp³-hybridized carbons (Fsp3) is 0.368. The first-order chi connectivity index (χ1) is 11.1. The molecule has 0 heterocycles. The summed E-state index contributed by atoms with van der Waals surface area (Å²) in [5.41, 5.74) is 1.65. The Balaban J connectivity index is 2.03. The molecule has 1 atom stereocenters. The zero-order valence-electron chi connectivity index (χ0n) is 13.9. The van der Waals surface area contributed by atoms with Crippen molar-refractivity contribution in [1.29, 1.82) is 0 Å². The lowest BCUT2D eigenvalue weighted by Gasteiger charge is -2.14. The van der Waals surface area contributed by atoms with E-state index >= 15 is 0 Å². The normalized spacial score (nSPS) is 12.0. The molecule has 2 aromatic rings. The van der Waals surface area contributed by atoms with Crippen LogP contribution in [0.15, 0.2) is 42.5 Å². The van der Waals surface area contributed by atoms with Gasteiger partial charge in [-0.1, -0.05) is 31.2 Å². The molecule has 1 N–H and O–H groups in total. The molecule has 0 aliphatic rings. The van der Waals surface area contributed by atoms with Gasteiger partial charge in [0.1, 0.15) is 12.4 Å². The van der Waals surface area contributed by atoms with Crippen LogP contribution < -0.4 is 14.8 Å². The highest BCUT2D eigenvalue weighted by Gasteiger charge is 2.08. The quantitative estimate of drug-likeness (QED) is 0.787. The number of rotatable bonds is 8. The summed E-state index contributed by atoms with van der Waals surface area (Å²) in [6, 6.07) is 12.9. The van der Waals surface area contributed by atoms with Crippen molar-refractivity contribution in [2.75, 3.05) is 7.11 Å². The molecule has 2 rings (SSSR count). The number of methoxy groups -OCH3 is 1. The van der Waals surface area contributed by atoms with Gasteiger partial charge >= 0.3 is 0 Å². The Morgan fingerprint density at radius 2 is 1.91 bits per heavy atom. The zero-order valence-corrected chi connectivity index (χ0v) is 13.9. The van der Waals surface area contributed by atoms with E-state index in [-0.39, 0.29) is 12.4 Å². The SMILES string of the molecule is CC[C@@H](C)NCc1ccc(OCc2ccccc2F)c(OC)c1. The van der Waals surface area contributed by atoms with E-state index < -0.39 is 0 Å². The van der Waals surface area contributed by atoms with Crippen LogP contribution in [0, 0.1) is 5.82 Å². The first-order valence-corrected chi connectivity index (χ1v) is 7.90. The Hall–Kier alpha value is -2.07. The Morgan fingerprint density at radius 1 is 1.13 bits per heavy atom. The van der Waals surface area contributed by atoms with Gasteiger partial charge in [-0.05, 0) is 37.1 Å². The maximum Gasteiger partial charge on any atom is 0.161 e. The van der Waals surface area contributed by atoms with Gasteiger partial charge in [0.2, 0.25) is 0 Å². The second-order valence-electron chi connectivity index (χ2n) is 5.56. The maximum absolute atomic E-state index is 13.6. The van der Waals surface area contributed by atoms with Gasteiger partial charge in [-0.25, -0.2) is 4.39 Å². The van der Waals surface area contributed by atoms with Crippen molar-refractivity contribution in [3.63, 3.8) is 0 Å². The van der Waals surface area contributed by atoms with Crippen molar-refractivity contribution in [1.82, 2.24) is 5.32 Å². The molecule has 23 heavy (non-hydrogen) atoms. The molecule has 3 nitrogen and oxygen atoms in total. The van der Waals surface area contributed by atoms with Gasteiger partial charge in [-0.15, -0.1) is 0 Å². The molecule has 0 aliphatic heterocycles. The van der Waals surface area contributed by atoms with Crippen molar-refractivity contribution >= 4 is 0 Å². The summed E-state index contributed by atoms with van der Waals surface area (Å²) in [5.74, 6) is 1.01. The molecule has 0 radical (unpaired) electrons. The van der Waals surface area contributed by atoms with Crippen LogP contribution in [0.4, 0.5) is 4.39 Å². The largest absolute Gasteiger partial charge is 0.493 e. The summed E-state index contributed by atoms with van der Waals surface area (Å²) in [6.45, 7) is 5.26. The van der Waals surface area contributed by atoms with Crippen LogP contribution in [0.3, 0.4) is 0 Å². The summed E-state index contributed by atoms with van der Waals surface area (Å²) < 4.78 is 24.7. The molecular formula is C19H24FNO2. The zero-order chi connectivity index (χ0) is 16.7. The number of halogens is 1. The molecule has 0 aliphatic carbocycles. The summed E-state index contributed by atoms with van der Waals surface area (Å²) in [7, 11) is 1.61. The predicted octanol–water partition coefficient (Wildman–Crippen LogP) is 4.30. The van der Waals surface area contributed by atoms with Crippen molar-refractivity contribution in [2.24, 2.45) is 0 Å². The minimum Gasteiger partial charge on any atom is -0.493 e. The van der Waals surface area contributed by atoms with Crippen LogP contribution >= 0.6 is 0 Å². The monoisotopic (exact) mass is 317 g/mol. The van der Waals surface area contributed by atoms with E-state index in [0.29, 0.717) is 23.1 Å². The van der Waals surface area contributed by atoms with Crippen molar-refractivity contribution < 1.29 is 13.9 Å². The lowest BCUT2D eigenvalue weighted by atomic mass is 10.1. The van der Waals surface area contributed by atoms with Gasteiger partial charge in [0.05, 0.1) is 7.11 Å². The topological polar surface area (TPSA) is 30.5 Å². The highest BCUT2D eigenvalue weighted by molar-refractivity contribution is 5.43. The van der Waals surface area contributed by atoms with E-state index in [2.05, 4.69) is 19.2 Å². The average molecular weight is 317 g/mol. The molecule has 0 amide bonds. The number of hydrogen-bond donors (Lipinski definition) is 1. The van der Waals surface area contributed by atoms with E-state index in [0.717, 1.165) is 18.5 Å². The first kappa shape index (κ1) is 17.3. The second kappa shape index (κ2) is 8.53. The summed E-state index contributed by atoms with van der Waals surface area (Å²) in [6.07, 6.45) is 1.08. The van der Waals surface area contributed by atoms with Crippen molar-refractivity contribution in [2.45, 2.75) is 39.5 Å². The molecule has 2 aromatic carbocycles. The minimum absolute atomic E-state index is 0.174. The fourth-order valence-corrected chi connectivity index (χ4v) is 2.15. The number of nitrogens with one attached hydrogen (secondary N) is 1. The van der Waals surface area contributed by atoms with Crippen LogP contribution in [0.25, 0.3) is 0 Å². The smallest absolute Gasteiger partial charge is 0.161 e. The van der Waals surface area contributed by atoms with Crippen LogP contribution in [-0.2, 0) is 13.2 Å². The summed E-state index contributed by atoms with van der Waals surface area (Å²) in [5, 5.41) is 3.44. The third-order valence-corrected chi connectivity index (χ3v) is 3.84. The van der Waals surface area contributed by atoms with Crippen LogP contribution in [-0.4, -0.2) is 13.2 Å². The molecule has 4 heteroatoms. The number of hydrogen-bond acceptors (Lipinski definition) is 3. The third kappa shape index (κ3) is 4.96. The Kier molecular flexibility index (Phi) is 6.41. The third-order valence-electron chi connectivity index (χ3n) is 3.84. The van der Waals surface area contributed by atoms with Gasteiger partial charge in [-0.3, -0.25) is 0 Å². The summed E-state index contributed by atoms with van der Waals surface area (Å²) >= 11 is 0. The van der Waals surface area contributed by atoms with Gasteiger partial charge < -0.3 is 14.8 Å². The van der Waals surface area contributed by atoms with Crippen molar-refractivity contribution in [3.8, 4) is 11.5 Å². The molecule has 0 bridgehead atoms. The van der Waals surface area contributed by atoms with E-state index in [1.165, 1.54) is 6.07 Å². The van der Waals surface area contributed by atoms with E-state index in [1.54, 1.807) is 25.3 Å². The van der Waals surface area contributed by atoms with E-state index in [9.17, 15) is 4.39 Å². The molecule has 0 spiro atoms. The Bertz CT molecular complexity index is 631. The van der Waals surface area contributed by atoms with Gasteiger partial charge in [0.15, 0.2) is 11.5 Å². The maximum atomic E-state index is 13.6. The lowest BCUT2D eigenvalue weighted by molar-refractivity contribution is 0.279. The highest BCUT2D eigenvalue weighted by atomic mass is 19.1. The van der Waals surface area contributed by atoms with Crippen LogP contribution in [0.2, 0.25) is 0 Å². The summed E-state index contributed by atoms with van der Waals surface area (Å²) in [4.78, 5) is 0. The van der Waals surface area contributed by atoms with Crippen molar-refractivity contribution in [3.05, 3.63) is 59.4 Å². The predicted molar refractivity (Wildman–Crippen MR) is 90.3 cm³/mol. The van der Waals surface area contributed by atoms with Crippen LogP contribution in [0.1, 0.15) is 31.4 Å². The molecule has 0 saturated heterocycles. The molecule has 124 valence electrons. The number of benzene rings is 2. The fourth-order valence-electron chi connectivity index (χ4n) is 2.15. The molecule has 0 aromatic heterocycles. The molecule has 0 fully saturated rings. The first-order valence-electron chi connectivity index (χ1n) is 7.90. The highest BCUT2D eigenvalue weighted by Crippen LogP contribution is 2.29. The van der Waals surface area contributed by atoms with Gasteiger partial charge in [0, 0.05) is 18.2 Å². The minimum atomic E-state index is -0.263. The average Bonchev–Trinajstić information content (AvgIpc) is 2.59. The lowest BCUT2D eigenvalue weighted by Crippen LogP contribution is -2.24. The Morgan fingerprint density at radius 3 is 2.61 bits per heavy atom. The Labute approximate surface area is 137 Å². The number of ether oxygens (including phenoxy) is 2. The molecule has 0 saturated carbocycles. The molecule has 0 unspecified atom stereocenters. The second-order valence-corrected chi connectivity index (χ2v) is 5.56. The standard InChI is InChI=1S/C19H24FNO2/c1-4-14(2)21-12-15-9-10-18(19(11-15)22-3)23-13-16-7-5-6-8-17(16)20/h5-11,14,21H,4,12-13H2,1-3H3/t14-/m1/s1.